The minimum Gasteiger partial charge on any atom is -0.342 e. The van der Waals surface area contributed by atoms with Gasteiger partial charge >= 0.3 is 6.18 Å². The Hall–Kier alpha value is -1.59. The quantitative estimate of drug-likeness (QED) is 0.676. The molecule has 0 aliphatic carbocycles. The van der Waals surface area contributed by atoms with Gasteiger partial charge in [0.15, 0.2) is 5.82 Å². The van der Waals surface area contributed by atoms with Gasteiger partial charge in [-0.15, -0.1) is 0 Å². The Morgan fingerprint density at radius 3 is 2.53 bits per heavy atom. The van der Waals surface area contributed by atoms with E-state index in [2.05, 4.69) is 9.97 Å². The molecule has 0 spiro atoms. The molecule has 6 heteroatoms. The lowest BCUT2D eigenvalue weighted by molar-refractivity contribution is -0.139. The Morgan fingerprint density at radius 2 is 1.93 bits per heavy atom. The van der Waals surface area contributed by atoms with Gasteiger partial charge in [-0.1, -0.05) is 0 Å². The van der Waals surface area contributed by atoms with Crippen molar-refractivity contribution in [2.45, 2.75) is 13.1 Å². The zero-order valence-electron chi connectivity index (χ0n) is 7.61. The highest BCUT2D eigenvalue weighted by molar-refractivity contribution is 5.76. The SMILES string of the molecule is Cc1nc2c(F)c(C(F)(F)F)ccc2[nH]1. The highest BCUT2D eigenvalue weighted by Crippen LogP contribution is 2.33. The van der Waals surface area contributed by atoms with E-state index in [1.54, 1.807) is 6.92 Å². The van der Waals surface area contributed by atoms with Gasteiger partial charge in [-0.3, -0.25) is 0 Å². The van der Waals surface area contributed by atoms with Crippen molar-refractivity contribution in [1.82, 2.24) is 9.97 Å². The van der Waals surface area contributed by atoms with E-state index >= 15 is 0 Å². The number of aromatic amines is 1. The van der Waals surface area contributed by atoms with Crippen LogP contribution in [0.25, 0.3) is 11.0 Å². The Bertz CT molecular complexity index is 513. The first kappa shape index (κ1) is 9.95. The van der Waals surface area contributed by atoms with Crippen molar-refractivity contribution in [3.8, 4) is 0 Å². The van der Waals surface area contributed by atoms with Gasteiger partial charge in [0.25, 0.3) is 0 Å². The Kier molecular flexibility index (Phi) is 1.95. The number of nitrogens with zero attached hydrogens (tertiary/aromatic N) is 1. The van der Waals surface area contributed by atoms with Crippen molar-refractivity contribution >= 4 is 11.0 Å². The number of alkyl halides is 3. The van der Waals surface area contributed by atoms with Crippen LogP contribution in [-0.4, -0.2) is 9.97 Å². The molecule has 0 amide bonds. The highest BCUT2D eigenvalue weighted by Gasteiger charge is 2.35. The first-order chi connectivity index (χ1) is 6.89. The third-order valence-electron chi connectivity index (χ3n) is 2.02. The monoisotopic (exact) mass is 218 g/mol. The number of aromatic nitrogens is 2. The molecule has 2 aromatic rings. The summed E-state index contributed by atoms with van der Waals surface area (Å²) >= 11 is 0. The largest absolute Gasteiger partial charge is 0.419 e. The van der Waals surface area contributed by atoms with Crippen LogP contribution in [0.3, 0.4) is 0 Å². The summed E-state index contributed by atoms with van der Waals surface area (Å²) in [5.41, 5.74) is -1.30. The molecule has 1 aromatic heterocycles. The number of hydrogen-bond acceptors (Lipinski definition) is 1. The van der Waals surface area contributed by atoms with Gasteiger partial charge < -0.3 is 4.98 Å². The third-order valence-corrected chi connectivity index (χ3v) is 2.02. The van der Waals surface area contributed by atoms with Gasteiger partial charge in [-0.05, 0) is 19.1 Å². The molecule has 0 saturated carbocycles. The molecular weight excluding hydrogens is 212 g/mol. The average Bonchev–Trinajstić information content (AvgIpc) is 2.44. The lowest BCUT2D eigenvalue weighted by Crippen LogP contribution is -2.08. The van der Waals surface area contributed by atoms with Crippen LogP contribution in [0.4, 0.5) is 17.6 Å². The first-order valence-electron chi connectivity index (χ1n) is 4.11. The van der Waals surface area contributed by atoms with Crippen LogP contribution in [0, 0.1) is 12.7 Å². The fourth-order valence-corrected chi connectivity index (χ4v) is 1.38. The number of hydrogen-bond donors (Lipinski definition) is 1. The number of halogens is 4. The van der Waals surface area contributed by atoms with Crippen LogP contribution >= 0.6 is 0 Å². The Labute approximate surface area is 81.9 Å². The summed E-state index contributed by atoms with van der Waals surface area (Å²) in [6, 6.07) is 1.87. The van der Waals surface area contributed by atoms with Gasteiger partial charge in [-0.2, -0.15) is 13.2 Å². The third kappa shape index (κ3) is 1.55. The van der Waals surface area contributed by atoms with Crippen molar-refractivity contribution in [2.75, 3.05) is 0 Å². The van der Waals surface area contributed by atoms with E-state index in [1.807, 2.05) is 0 Å². The second-order valence-corrected chi connectivity index (χ2v) is 3.14. The summed E-state index contributed by atoms with van der Waals surface area (Å²) < 4.78 is 50.3. The predicted molar refractivity (Wildman–Crippen MR) is 45.8 cm³/mol. The number of H-pyrrole nitrogens is 1. The smallest absolute Gasteiger partial charge is 0.342 e. The Morgan fingerprint density at radius 1 is 1.27 bits per heavy atom. The highest BCUT2D eigenvalue weighted by atomic mass is 19.4. The normalized spacial score (nSPS) is 12.3. The van der Waals surface area contributed by atoms with E-state index < -0.39 is 17.6 Å². The molecule has 80 valence electrons. The molecule has 1 N–H and O–H groups in total. The molecule has 0 fully saturated rings. The van der Waals surface area contributed by atoms with Crippen LogP contribution in [-0.2, 0) is 6.18 Å². The summed E-state index contributed by atoms with van der Waals surface area (Å²) in [6.07, 6.45) is -4.69. The molecule has 2 rings (SSSR count). The summed E-state index contributed by atoms with van der Waals surface area (Å²) in [6.45, 7) is 1.55. The molecule has 1 heterocycles. The molecule has 0 atom stereocenters. The van der Waals surface area contributed by atoms with Crippen LogP contribution in [0.15, 0.2) is 12.1 Å². The number of rotatable bonds is 0. The van der Waals surface area contributed by atoms with E-state index in [4.69, 9.17) is 0 Å². The fourth-order valence-electron chi connectivity index (χ4n) is 1.38. The van der Waals surface area contributed by atoms with Crippen LogP contribution in [0.1, 0.15) is 11.4 Å². The summed E-state index contributed by atoms with van der Waals surface area (Å²) in [5.74, 6) is -0.951. The van der Waals surface area contributed by atoms with Crippen molar-refractivity contribution < 1.29 is 17.6 Å². The number of aryl methyl sites for hydroxylation is 1. The Balaban J connectivity index is 2.75. The maximum Gasteiger partial charge on any atom is 0.419 e. The van der Waals surface area contributed by atoms with E-state index in [0.717, 1.165) is 0 Å². The number of fused-ring (bicyclic) bond motifs is 1. The van der Waals surface area contributed by atoms with E-state index in [1.165, 1.54) is 6.07 Å². The lowest BCUT2D eigenvalue weighted by Gasteiger charge is -2.07. The molecular formula is C9H6F4N2. The predicted octanol–water partition coefficient (Wildman–Crippen LogP) is 3.03. The maximum absolute atomic E-state index is 13.4. The molecule has 0 aliphatic rings. The molecule has 15 heavy (non-hydrogen) atoms. The van der Waals surface area contributed by atoms with Crippen LogP contribution in [0.5, 0.6) is 0 Å². The van der Waals surface area contributed by atoms with Crippen molar-refractivity contribution in [2.24, 2.45) is 0 Å². The van der Waals surface area contributed by atoms with Gasteiger partial charge in [0.1, 0.15) is 11.3 Å². The molecule has 1 aromatic carbocycles. The van der Waals surface area contributed by atoms with Gasteiger partial charge in [0, 0.05) is 0 Å². The summed E-state index contributed by atoms with van der Waals surface area (Å²) in [4.78, 5) is 6.32. The van der Waals surface area contributed by atoms with Gasteiger partial charge in [0.2, 0.25) is 0 Å². The molecule has 0 unspecified atom stereocenters. The zero-order valence-corrected chi connectivity index (χ0v) is 7.61. The second-order valence-electron chi connectivity index (χ2n) is 3.14. The zero-order chi connectivity index (χ0) is 11.2. The van der Waals surface area contributed by atoms with E-state index in [-0.39, 0.29) is 11.0 Å². The first-order valence-corrected chi connectivity index (χ1v) is 4.11. The standard InChI is InChI=1S/C9H6F4N2/c1-4-14-6-3-2-5(9(11,12)13)7(10)8(6)15-4/h2-3H,1H3,(H,14,15). The number of benzene rings is 1. The van der Waals surface area contributed by atoms with Crippen molar-refractivity contribution in [3.63, 3.8) is 0 Å². The second kappa shape index (κ2) is 2.95. The topological polar surface area (TPSA) is 28.7 Å². The molecule has 0 bridgehead atoms. The minimum absolute atomic E-state index is 0.262. The van der Waals surface area contributed by atoms with E-state index in [9.17, 15) is 17.6 Å². The van der Waals surface area contributed by atoms with Crippen molar-refractivity contribution in [3.05, 3.63) is 29.3 Å². The lowest BCUT2D eigenvalue weighted by atomic mass is 10.2. The average molecular weight is 218 g/mol. The minimum atomic E-state index is -4.69. The van der Waals surface area contributed by atoms with Crippen LogP contribution < -0.4 is 0 Å². The number of imidazole rings is 1. The molecule has 0 saturated heterocycles. The van der Waals surface area contributed by atoms with Crippen molar-refractivity contribution in [1.29, 1.82) is 0 Å². The van der Waals surface area contributed by atoms with Crippen LogP contribution in [0.2, 0.25) is 0 Å². The molecule has 0 radical (unpaired) electrons. The fraction of sp³-hybridized carbons (Fsp3) is 0.222. The maximum atomic E-state index is 13.4. The molecule has 2 nitrogen and oxygen atoms in total. The summed E-state index contributed by atoms with van der Waals surface area (Å²) in [7, 11) is 0. The number of nitrogens with one attached hydrogen (secondary N) is 1. The summed E-state index contributed by atoms with van der Waals surface area (Å²) in [5, 5.41) is 0. The molecule has 0 aliphatic heterocycles. The van der Waals surface area contributed by atoms with Gasteiger partial charge in [0.05, 0.1) is 11.1 Å². The van der Waals surface area contributed by atoms with E-state index in [0.29, 0.717) is 11.9 Å². The van der Waals surface area contributed by atoms with Gasteiger partial charge in [-0.25, -0.2) is 9.37 Å².